The van der Waals surface area contributed by atoms with Crippen molar-refractivity contribution in [1.82, 2.24) is 15.0 Å². The molecule has 3 aromatic rings. The van der Waals surface area contributed by atoms with Gasteiger partial charge in [0.2, 0.25) is 0 Å². The maximum absolute atomic E-state index is 14.5. The number of rotatable bonds is 4. The van der Waals surface area contributed by atoms with Crippen LogP contribution in [-0.4, -0.2) is 35.1 Å². The summed E-state index contributed by atoms with van der Waals surface area (Å²) in [5, 5.41) is 4.46. The first kappa shape index (κ1) is 17.5. The molecule has 1 atom stereocenters. The molecule has 3 saturated carbocycles. The van der Waals surface area contributed by atoms with Crippen molar-refractivity contribution in [3.63, 3.8) is 0 Å². The predicted molar refractivity (Wildman–Crippen MR) is 111 cm³/mol. The Balaban J connectivity index is 1.49. The summed E-state index contributed by atoms with van der Waals surface area (Å²) in [6.45, 7) is 0. The van der Waals surface area contributed by atoms with E-state index in [2.05, 4.69) is 31.2 Å². The maximum atomic E-state index is 14.5. The number of hydrogen-bond acceptors (Lipinski definition) is 4. The van der Waals surface area contributed by atoms with Gasteiger partial charge in [0.1, 0.15) is 0 Å². The van der Waals surface area contributed by atoms with Crippen LogP contribution in [0.3, 0.4) is 0 Å². The Morgan fingerprint density at radius 3 is 2.71 bits per heavy atom. The summed E-state index contributed by atoms with van der Waals surface area (Å²) in [5.74, 6) is 1.93. The lowest BCUT2D eigenvalue weighted by molar-refractivity contribution is 0.157. The third-order valence-corrected chi connectivity index (χ3v) is 6.53. The molecule has 2 N–H and O–H groups in total. The summed E-state index contributed by atoms with van der Waals surface area (Å²) in [7, 11) is 4.03. The van der Waals surface area contributed by atoms with Crippen LogP contribution in [0.4, 0.5) is 15.9 Å². The first-order valence-corrected chi connectivity index (χ1v) is 10.2. The largest absolute Gasteiger partial charge is 0.376 e. The Morgan fingerprint density at radius 1 is 1.18 bits per heavy atom. The Morgan fingerprint density at radius 2 is 2.00 bits per heavy atom. The first-order chi connectivity index (χ1) is 13.6. The number of aromatic nitrogens is 3. The first-order valence-electron chi connectivity index (χ1n) is 10.2. The summed E-state index contributed by atoms with van der Waals surface area (Å²) < 4.78 is 14.5. The third-order valence-electron chi connectivity index (χ3n) is 6.53. The van der Waals surface area contributed by atoms with Gasteiger partial charge in [0, 0.05) is 37.3 Å². The van der Waals surface area contributed by atoms with E-state index < -0.39 is 0 Å². The van der Waals surface area contributed by atoms with Crippen LogP contribution < -0.4 is 10.2 Å². The minimum atomic E-state index is -0.376. The van der Waals surface area contributed by atoms with Crippen molar-refractivity contribution in [1.29, 1.82) is 0 Å². The van der Waals surface area contributed by atoms with Crippen LogP contribution in [0.15, 0.2) is 30.6 Å². The highest BCUT2D eigenvalue weighted by Crippen LogP contribution is 2.42. The van der Waals surface area contributed by atoms with Crippen molar-refractivity contribution in [3.8, 4) is 11.4 Å². The maximum Gasteiger partial charge on any atom is 0.183 e. The topological polar surface area (TPSA) is 56.8 Å². The van der Waals surface area contributed by atoms with E-state index in [-0.39, 0.29) is 5.82 Å². The Kier molecular flexibility index (Phi) is 4.22. The molecule has 6 rings (SSSR count). The molecule has 0 radical (unpaired) electrons. The van der Waals surface area contributed by atoms with E-state index in [0.29, 0.717) is 23.6 Å². The van der Waals surface area contributed by atoms with Crippen molar-refractivity contribution >= 4 is 22.4 Å². The number of aromatic amines is 1. The molecular formula is C22H26FN5. The molecular weight excluding hydrogens is 353 g/mol. The van der Waals surface area contributed by atoms with Gasteiger partial charge in [-0.15, -0.1) is 0 Å². The van der Waals surface area contributed by atoms with Gasteiger partial charge in [-0.25, -0.2) is 14.4 Å². The zero-order valence-corrected chi connectivity index (χ0v) is 16.4. The summed E-state index contributed by atoms with van der Waals surface area (Å²) in [6.07, 6.45) is 9.48. The van der Waals surface area contributed by atoms with Gasteiger partial charge in [0.15, 0.2) is 17.5 Å². The molecule has 3 fully saturated rings. The average molecular weight is 379 g/mol. The number of fused-ring (bicyclic) bond motifs is 4. The molecule has 2 heterocycles. The number of nitrogens with zero attached hydrogens (tertiary/aromatic N) is 3. The average Bonchev–Trinajstić information content (AvgIpc) is 3.14. The third kappa shape index (κ3) is 2.91. The second kappa shape index (κ2) is 6.76. The lowest BCUT2D eigenvalue weighted by atomic mass is 9.68. The minimum Gasteiger partial charge on any atom is -0.376 e. The lowest BCUT2D eigenvalue weighted by Gasteiger charge is -2.42. The Labute approximate surface area is 164 Å². The number of para-hydroxylation sites is 1. The fraction of sp³-hybridized carbons (Fsp3) is 0.455. The van der Waals surface area contributed by atoms with Gasteiger partial charge in [-0.1, -0.05) is 25.0 Å². The van der Waals surface area contributed by atoms with Crippen molar-refractivity contribution in [2.75, 3.05) is 24.3 Å². The molecule has 146 valence electrons. The molecule has 1 unspecified atom stereocenters. The zero-order chi connectivity index (χ0) is 19.3. The van der Waals surface area contributed by atoms with E-state index in [9.17, 15) is 4.39 Å². The van der Waals surface area contributed by atoms with Crippen LogP contribution in [0.2, 0.25) is 0 Å². The number of halogens is 1. The van der Waals surface area contributed by atoms with E-state index >= 15 is 0 Å². The SMILES string of the molecule is CN(C)c1cccc2c(-c3ncc(F)c(NC4CC5CCC4CC5)n3)c[nH]c12. The van der Waals surface area contributed by atoms with E-state index in [0.717, 1.165) is 34.5 Å². The van der Waals surface area contributed by atoms with Gasteiger partial charge in [0.25, 0.3) is 0 Å². The number of hydrogen-bond donors (Lipinski definition) is 2. The van der Waals surface area contributed by atoms with Crippen molar-refractivity contribution < 1.29 is 4.39 Å². The van der Waals surface area contributed by atoms with Crippen molar-refractivity contribution in [2.24, 2.45) is 11.8 Å². The minimum absolute atomic E-state index is 0.327. The molecule has 0 saturated heterocycles. The zero-order valence-electron chi connectivity index (χ0n) is 16.4. The van der Waals surface area contributed by atoms with Gasteiger partial charge in [-0.2, -0.15) is 0 Å². The van der Waals surface area contributed by atoms with Gasteiger partial charge in [-0.3, -0.25) is 0 Å². The highest BCUT2D eigenvalue weighted by Gasteiger charge is 2.36. The van der Waals surface area contributed by atoms with Gasteiger partial charge in [0.05, 0.1) is 17.4 Å². The second-order valence-corrected chi connectivity index (χ2v) is 8.45. The molecule has 28 heavy (non-hydrogen) atoms. The van der Waals surface area contributed by atoms with Crippen LogP contribution in [0.1, 0.15) is 32.1 Å². The molecule has 0 aliphatic heterocycles. The van der Waals surface area contributed by atoms with E-state index in [1.54, 1.807) is 0 Å². The number of H-pyrrole nitrogens is 1. The molecule has 0 spiro atoms. The molecule has 3 aliphatic carbocycles. The van der Waals surface area contributed by atoms with Crippen molar-refractivity contribution in [2.45, 2.75) is 38.1 Å². The standard InChI is InChI=1S/C22H26FN5/c1-28(2)19-5-3-4-15-16(11-24-20(15)19)21-25-12-17(23)22(27-21)26-18-10-13-6-8-14(18)9-7-13/h3-5,11-14,18,24H,6-10H2,1-2H3,(H,25,26,27). The monoisotopic (exact) mass is 379 g/mol. The van der Waals surface area contributed by atoms with Crippen LogP contribution in [0, 0.1) is 17.7 Å². The summed E-state index contributed by atoms with van der Waals surface area (Å²) in [6, 6.07) is 6.47. The van der Waals surface area contributed by atoms with Crippen LogP contribution in [0.5, 0.6) is 0 Å². The summed E-state index contributed by atoms with van der Waals surface area (Å²) in [5.41, 5.74) is 3.03. The molecule has 5 nitrogen and oxygen atoms in total. The molecule has 2 bridgehead atoms. The lowest BCUT2D eigenvalue weighted by Crippen LogP contribution is -2.40. The van der Waals surface area contributed by atoms with Gasteiger partial charge >= 0.3 is 0 Å². The number of nitrogens with one attached hydrogen (secondary N) is 2. The van der Waals surface area contributed by atoms with Crippen molar-refractivity contribution in [3.05, 3.63) is 36.4 Å². The quantitative estimate of drug-likeness (QED) is 0.682. The fourth-order valence-electron chi connectivity index (χ4n) is 5.02. The molecule has 1 aromatic carbocycles. The molecule has 3 aliphatic rings. The van der Waals surface area contributed by atoms with Crippen LogP contribution >= 0.6 is 0 Å². The van der Waals surface area contributed by atoms with E-state index in [1.807, 2.05) is 32.4 Å². The van der Waals surface area contributed by atoms with E-state index in [4.69, 9.17) is 0 Å². The van der Waals surface area contributed by atoms with Crippen LogP contribution in [0.25, 0.3) is 22.3 Å². The fourth-order valence-corrected chi connectivity index (χ4v) is 5.02. The van der Waals surface area contributed by atoms with Gasteiger partial charge in [-0.05, 0) is 37.2 Å². The summed E-state index contributed by atoms with van der Waals surface area (Å²) >= 11 is 0. The highest BCUT2D eigenvalue weighted by molar-refractivity contribution is 6.00. The molecule has 6 heteroatoms. The molecule has 0 amide bonds. The highest BCUT2D eigenvalue weighted by atomic mass is 19.1. The van der Waals surface area contributed by atoms with Crippen LogP contribution in [-0.2, 0) is 0 Å². The second-order valence-electron chi connectivity index (χ2n) is 8.45. The molecule has 2 aromatic heterocycles. The van der Waals surface area contributed by atoms with E-state index in [1.165, 1.54) is 31.9 Å². The summed E-state index contributed by atoms with van der Waals surface area (Å²) in [4.78, 5) is 14.3. The number of benzene rings is 1. The Bertz CT molecular complexity index is 1000. The number of anilines is 2. The Hall–Kier alpha value is -2.63. The normalized spacial score (nSPS) is 23.9. The smallest absolute Gasteiger partial charge is 0.183 e. The van der Waals surface area contributed by atoms with Gasteiger partial charge < -0.3 is 15.2 Å². The predicted octanol–water partition coefficient (Wildman–Crippen LogP) is 4.82.